The predicted octanol–water partition coefficient (Wildman–Crippen LogP) is 2.65. The van der Waals surface area contributed by atoms with Gasteiger partial charge in [-0.1, -0.05) is 0 Å². The molecule has 0 aromatic heterocycles. The Balaban J connectivity index is 1.87. The van der Waals surface area contributed by atoms with Gasteiger partial charge in [-0.2, -0.15) is 0 Å². The van der Waals surface area contributed by atoms with Crippen LogP contribution < -0.4 is 5.48 Å². The van der Waals surface area contributed by atoms with Crippen LogP contribution in [0, 0.1) is 5.92 Å². The molecule has 0 radical (unpaired) electrons. The van der Waals surface area contributed by atoms with Crippen LogP contribution in [0.3, 0.4) is 0 Å². The molecule has 2 atom stereocenters. The molecule has 2 aliphatic carbocycles. The molecule has 0 bridgehead atoms. The molecule has 0 spiro atoms. The van der Waals surface area contributed by atoms with Crippen LogP contribution in [0.1, 0.15) is 50.7 Å². The summed E-state index contributed by atoms with van der Waals surface area (Å²) in [6, 6.07) is 5.44. The van der Waals surface area contributed by atoms with Crippen molar-refractivity contribution in [2.75, 3.05) is 0 Å². The summed E-state index contributed by atoms with van der Waals surface area (Å²) in [6.45, 7) is 3.61. The van der Waals surface area contributed by atoms with Gasteiger partial charge in [0.05, 0.1) is 0 Å². The third-order valence-corrected chi connectivity index (χ3v) is 13.5. The van der Waals surface area contributed by atoms with E-state index in [4.69, 9.17) is 5.21 Å². The second-order valence-corrected chi connectivity index (χ2v) is 15.0. The first-order valence-electron chi connectivity index (χ1n) is 8.64. The Morgan fingerprint density at radius 1 is 1.24 bits per heavy atom. The van der Waals surface area contributed by atoms with E-state index in [0.29, 0.717) is 4.90 Å². The maximum absolute atomic E-state index is 12.9. The molecule has 3 rings (SSSR count). The Hall–Kier alpha value is -1.10. The second kappa shape index (κ2) is 7.26. The summed E-state index contributed by atoms with van der Waals surface area (Å²) in [7, 11) is -3.48. The zero-order chi connectivity index (χ0) is 18.2. The van der Waals surface area contributed by atoms with Crippen molar-refractivity contribution in [1.29, 1.82) is 0 Å². The number of carbonyl (C=O) groups is 1. The van der Waals surface area contributed by atoms with E-state index < -0.39 is 33.3 Å². The summed E-state index contributed by atoms with van der Waals surface area (Å²) < 4.78 is 25.1. The van der Waals surface area contributed by atoms with Gasteiger partial charge in [0, 0.05) is 0 Å². The van der Waals surface area contributed by atoms with Crippen LogP contribution >= 0.6 is 0 Å². The van der Waals surface area contributed by atoms with Gasteiger partial charge in [0.2, 0.25) is 0 Å². The van der Waals surface area contributed by atoms with Crippen molar-refractivity contribution in [3.63, 3.8) is 0 Å². The van der Waals surface area contributed by atoms with Crippen molar-refractivity contribution in [3.8, 4) is 0 Å². The van der Waals surface area contributed by atoms with Gasteiger partial charge in [0.1, 0.15) is 0 Å². The first-order valence-corrected chi connectivity index (χ1v) is 13.9. The van der Waals surface area contributed by atoms with Gasteiger partial charge in [-0.15, -0.1) is 0 Å². The Bertz CT molecular complexity index is 829. The van der Waals surface area contributed by atoms with Crippen LogP contribution in [0.25, 0.3) is 5.57 Å². The molecule has 1 aromatic carbocycles. The molecule has 7 heteroatoms. The van der Waals surface area contributed by atoms with Gasteiger partial charge in [-0.25, -0.2) is 0 Å². The number of allylic oxidation sites excluding steroid dienone is 2. The van der Waals surface area contributed by atoms with E-state index >= 15 is 0 Å². The van der Waals surface area contributed by atoms with Crippen molar-refractivity contribution in [2.24, 2.45) is 5.92 Å². The van der Waals surface area contributed by atoms with Gasteiger partial charge < -0.3 is 0 Å². The second-order valence-electron chi connectivity index (χ2n) is 7.10. The quantitative estimate of drug-likeness (QED) is 0.432. The summed E-state index contributed by atoms with van der Waals surface area (Å²) in [4.78, 5) is 12.1. The number of hydrogen-bond acceptors (Lipinski definition) is 4. The van der Waals surface area contributed by atoms with Crippen molar-refractivity contribution in [1.82, 2.24) is 5.48 Å². The minimum absolute atomic E-state index is 0.134. The minimum atomic E-state index is -3.48. The first-order chi connectivity index (χ1) is 11.8. The molecule has 0 fully saturated rings. The summed E-state index contributed by atoms with van der Waals surface area (Å²) >= 11 is -1.65. The van der Waals surface area contributed by atoms with Gasteiger partial charge in [-0.05, 0) is 0 Å². The molecule has 0 heterocycles. The van der Waals surface area contributed by atoms with Gasteiger partial charge in [-0.3, -0.25) is 0 Å². The Morgan fingerprint density at radius 2 is 1.96 bits per heavy atom. The Labute approximate surface area is 154 Å². The van der Waals surface area contributed by atoms with Crippen molar-refractivity contribution >= 4 is 34.2 Å². The van der Waals surface area contributed by atoms with E-state index in [1.165, 1.54) is 29.6 Å². The molecule has 136 valence electrons. The number of nitrogens with one attached hydrogen (secondary N) is 1. The molecule has 0 aliphatic heterocycles. The maximum atomic E-state index is 12.9. The molecular formula is C18H24AsNO4S. The Morgan fingerprint density at radius 3 is 2.64 bits per heavy atom. The number of carbonyl (C=O) groups excluding carboxylic acids is 1. The zero-order valence-electron chi connectivity index (χ0n) is 14.5. The van der Waals surface area contributed by atoms with E-state index in [1.54, 1.807) is 31.5 Å². The van der Waals surface area contributed by atoms with E-state index in [0.717, 1.165) is 24.8 Å². The average Bonchev–Trinajstić information content (AvgIpc) is 2.96. The predicted molar refractivity (Wildman–Crippen MR) is 98.4 cm³/mol. The molecular weight excluding hydrogens is 401 g/mol. The average molecular weight is 425 g/mol. The zero-order valence-corrected chi connectivity index (χ0v) is 17.4. The summed E-state index contributed by atoms with van der Waals surface area (Å²) in [5.74, 6) is -0.734. The van der Waals surface area contributed by atoms with Gasteiger partial charge >= 0.3 is 154 Å². The molecule has 0 saturated heterocycles. The standard InChI is InChI=1S/C18H24AsNO4S/c1-11(2)17(18(21)20-22)19-25(23,24)14-7-8-16-13(10-14)9-12-5-3-4-6-15(12)16/h7-8,10-11,17,19,22H,3-6,9H2,1-2H3,(H,20,21). The van der Waals surface area contributed by atoms with Crippen LogP contribution in [0.5, 0.6) is 0 Å². The van der Waals surface area contributed by atoms with Crippen LogP contribution in [-0.4, -0.2) is 34.1 Å². The molecule has 1 aromatic rings. The molecule has 2 aliphatic rings. The number of hydrogen-bond donors (Lipinski definition) is 2. The molecule has 2 unspecified atom stereocenters. The normalized spacial score (nSPS) is 18.6. The fraction of sp³-hybridized carbons (Fsp3) is 0.500. The van der Waals surface area contributed by atoms with Crippen LogP contribution in [0.15, 0.2) is 28.7 Å². The van der Waals surface area contributed by atoms with Crippen molar-refractivity contribution < 1.29 is 18.4 Å². The molecule has 2 N–H and O–H groups in total. The number of hydroxylamine groups is 1. The van der Waals surface area contributed by atoms with Crippen LogP contribution in [0.4, 0.5) is 0 Å². The molecule has 5 nitrogen and oxygen atoms in total. The SMILES string of the molecule is CC(C)C([AsH]S(=O)(=O)c1ccc2c(c1)CC1=C2CCCC1)C(=O)NO. The monoisotopic (exact) mass is 425 g/mol. The third kappa shape index (κ3) is 3.71. The number of rotatable bonds is 5. The topological polar surface area (TPSA) is 83.5 Å². The first kappa shape index (κ1) is 18.7. The van der Waals surface area contributed by atoms with Gasteiger partial charge in [0.15, 0.2) is 0 Å². The Kier molecular flexibility index (Phi) is 5.42. The summed E-state index contributed by atoms with van der Waals surface area (Å²) in [5.41, 5.74) is 6.81. The number of benzene rings is 1. The molecule has 1 amide bonds. The van der Waals surface area contributed by atoms with Crippen molar-refractivity contribution in [3.05, 3.63) is 34.9 Å². The molecule has 25 heavy (non-hydrogen) atoms. The van der Waals surface area contributed by atoms with E-state index in [-0.39, 0.29) is 5.92 Å². The molecule has 0 saturated carbocycles. The third-order valence-electron chi connectivity index (χ3n) is 5.04. The summed E-state index contributed by atoms with van der Waals surface area (Å²) in [6.07, 6.45) is 5.49. The van der Waals surface area contributed by atoms with E-state index in [2.05, 4.69) is 0 Å². The number of amides is 1. The van der Waals surface area contributed by atoms with Crippen LogP contribution in [0.2, 0.25) is 4.71 Å². The summed E-state index contributed by atoms with van der Waals surface area (Å²) in [5, 5.41) is 8.89. The fourth-order valence-corrected chi connectivity index (χ4v) is 11.4. The van der Waals surface area contributed by atoms with Crippen LogP contribution in [-0.2, 0) is 19.3 Å². The van der Waals surface area contributed by atoms with E-state index in [9.17, 15) is 13.2 Å². The van der Waals surface area contributed by atoms with Crippen molar-refractivity contribution in [2.45, 2.75) is 55.6 Å². The van der Waals surface area contributed by atoms with Gasteiger partial charge in [0.25, 0.3) is 0 Å². The number of fused-ring (bicyclic) bond motifs is 2. The van der Waals surface area contributed by atoms with E-state index in [1.807, 2.05) is 6.07 Å². The fourth-order valence-electron chi connectivity index (χ4n) is 3.69.